The van der Waals surface area contributed by atoms with Gasteiger partial charge in [0.2, 0.25) is 5.91 Å². The summed E-state index contributed by atoms with van der Waals surface area (Å²) in [7, 11) is 0. The van der Waals surface area contributed by atoms with Gasteiger partial charge in [-0.05, 0) is 35.6 Å². The molecule has 0 saturated heterocycles. The van der Waals surface area contributed by atoms with Gasteiger partial charge < -0.3 is 15.4 Å². The van der Waals surface area contributed by atoms with E-state index in [0.717, 1.165) is 16.0 Å². The summed E-state index contributed by atoms with van der Waals surface area (Å²) in [5.41, 5.74) is 2.51. The molecule has 0 radical (unpaired) electrons. The Morgan fingerprint density at radius 1 is 0.900 bits per heavy atom. The molecule has 0 aliphatic carbocycles. The van der Waals surface area contributed by atoms with Crippen molar-refractivity contribution in [1.82, 2.24) is 5.32 Å². The lowest BCUT2D eigenvalue weighted by Crippen LogP contribution is -2.45. The third kappa shape index (κ3) is 6.67. The lowest BCUT2D eigenvalue weighted by Gasteiger charge is -2.19. The van der Waals surface area contributed by atoms with E-state index in [1.807, 2.05) is 91.2 Å². The number of hydrogen-bond acceptors (Lipinski definition) is 4. The van der Waals surface area contributed by atoms with E-state index >= 15 is 0 Å². The Kier molecular flexibility index (Phi) is 7.92. The molecule has 0 aliphatic heterocycles. The number of anilines is 1. The monoisotopic (exact) mass is 420 g/mol. The minimum Gasteiger partial charge on any atom is -0.445 e. The molecule has 1 unspecified atom stereocenters. The van der Waals surface area contributed by atoms with Gasteiger partial charge in [-0.3, -0.25) is 4.79 Å². The third-order valence-electron chi connectivity index (χ3n) is 4.44. The molecule has 0 saturated carbocycles. The predicted molar refractivity (Wildman–Crippen MR) is 121 cm³/mol. The van der Waals surface area contributed by atoms with Gasteiger partial charge in [0.15, 0.2) is 0 Å². The summed E-state index contributed by atoms with van der Waals surface area (Å²) < 4.78 is 5.30. The molecule has 1 atom stereocenters. The molecule has 0 aromatic heterocycles. The van der Waals surface area contributed by atoms with Crippen LogP contribution in [0.2, 0.25) is 0 Å². The Balaban J connectivity index is 1.67. The van der Waals surface area contributed by atoms with Crippen LogP contribution in [-0.4, -0.2) is 24.3 Å². The lowest BCUT2D eigenvalue weighted by atomic mass is 10.1. The highest BCUT2D eigenvalue weighted by Crippen LogP contribution is 2.19. The molecular formula is C24H24N2O3S. The van der Waals surface area contributed by atoms with Gasteiger partial charge in [-0.15, -0.1) is 11.8 Å². The second-order valence-corrected chi connectivity index (χ2v) is 7.55. The highest BCUT2D eigenvalue weighted by atomic mass is 32.2. The van der Waals surface area contributed by atoms with E-state index in [9.17, 15) is 9.59 Å². The summed E-state index contributed by atoms with van der Waals surface area (Å²) in [4.78, 5) is 26.3. The molecule has 30 heavy (non-hydrogen) atoms. The van der Waals surface area contributed by atoms with Crippen LogP contribution in [0.4, 0.5) is 10.5 Å². The topological polar surface area (TPSA) is 67.4 Å². The van der Waals surface area contributed by atoms with Crippen molar-refractivity contribution in [3.8, 4) is 0 Å². The number of amides is 2. The van der Waals surface area contributed by atoms with Crippen LogP contribution in [0, 0.1) is 0 Å². The Morgan fingerprint density at radius 2 is 1.57 bits per heavy atom. The number of carbonyl (C=O) groups is 2. The van der Waals surface area contributed by atoms with Crippen molar-refractivity contribution in [1.29, 1.82) is 0 Å². The first kappa shape index (κ1) is 21.5. The molecule has 0 bridgehead atoms. The average Bonchev–Trinajstić information content (AvgIpc) is 2.79. The minimum absolute atomic E-state index is 0.141. The zero-order valence-corrected chi connectivity index (χ0v) is 17.5. The fraction of sp³-hybridized carbons (Fsp3) is 0.167. The summed E-state index contributed by atoms with van der Waals surface area (Å²) in [5.74, 6) is -0.297. The van der Waals surface area contributed by atoms with Gasteiger partial charge >= 0.3 is 6.09 Å². The van der Waals surface area contributed by atoms with Crippen molar-refractivity contribution in [2.24, 2.45) is 0 Å². The number of benzene rings is 3. The first-order chi connectivity index (χ1) is 14.6. The number of rotatable bonds is 8. The van der Waals surface area contributed by atoms with E-state index in [-0.39, 0.29) is 12.5 Å². The molecule has 0 fully saturated rings. The maximum atomic E-state index is 12.9. The van der Waals surface area contributed by atoms with Crippen molar-refractivity contribution in [3.05, 3.63) is 96.1 Å². The van der Waals surface area contributed by atoms with Crippen LogP contribution in [0.5, 0.6) is 0 Å². The Labute approximate surface area is 180 Å². The molecule has 2 N–H and O–H groups in total. The van der Waals surface area contributed by atoms with E-state index in [1.165, 1.54) is 0 Å². The van der Waals surface area contributed by atoms with Crippen molar-refractivity contribution >= 4 is 29.4 Å². The van der Waals surface area contributed by atoms with Crippen LogP contribution < -0.4 is 10.6 Å². The van der Waals surface area contributed by atoms with Crippen LogP contribution in [0.25, 0.3) is 0 Å². The smallest absolute Gasteiger partial charge is 0.408 e. The van der Waals surface area contributed by atoms with Gasteiger partial charge in [-0.2, -0.15) is 0 Å². The minimum atomic E-state index is -0.770. The van der Waals surface area contributed by atoms with E-state index in [4.69, 9.17) is 4.74 Å². The first-order valence-electron chi connectivity index (χ1n) is 9.60. The van der Waals surface area contributed by atoms with Gasteiger partial charge in [-0.25, -0.2) is 4.79 Å². The number of alkyl carbamates (subject to hydrolysis) is 1. The number of nitrogens with one attached hydrogen (secondary N) is 2. The number of thioether (sulfide) groups is 1. The normalized spacial score (nSPS) is 11.4. The molecule has 5 nitrogen and oxygen atoms in total. The SMILES string of the molecule is CSc1cccc(NC(=O)C(Cc2ccccc2)NC(=O)OCc2ccccc2)c1. The summed E-state index contributed by atoms with van der Waals surface area (Å²) in [6, 6.07) is 25.8. The molecule has 154 valence electrons. The zero-order chi connectivity index (χ0) is 21.2. The number of hydrogen-bond donors (Lipinski definition) is 2. The molecule has 0 heterocycles. The Hall–Kier alpha value is -3.25. The van der Waals surface area contributed by atoms with Crippen LogP contribution in [0.15, 0.2) is 89.8 Å². The van der Waals surface area contributed by atoms with Gasteiger partial charge in [0.1, 0.15) is 12.6 Å². The zero-order valence-electron chi connectivity index (χ0n) is 16.7. The third-order valence-corrected chi connectivity index (χ3v) is 5.17. The quantitative estimate of drug-likeness (QED) is 0.510. The van der Waals surface area contributed by atoms with Crippen molar-refractivity contribution < 1.29 is 14.3 Å². The molecule has 2 amide bonds. The van der Waals surface area contributed by atoms with Crippen LogP contribution in [0.3, 0.4) is 0 Å². The predicted octanol–water partition coefficient (Wildman–Crippen LogP) is 4.88. The Morgan fingerprint density at radius 3 is 2.23 bits per heavy atom. The lowest BCUT2D eigenvalue weighted by molar-refractivity contribution is -0.118. The molecular weight excluding hydrogens is 396 g/mol. The average molecular weight is 421 g/mol. The van der Waals surface area contributed by atoms with Crippen molar-refractivity contribution in [2.45, 2.75) is 24.0 Å². The van der Waals surface area contributed by atoms with Crippen LogP contribution >= 0.6 is 11.8 Å². The van der Waals surface area contributed by atoms with E-state index in [0.29, 0.717) is 12.1 Å². The van der Waals surface area contributed by atoms with E-state index in [2.05, 4.69) is 10.6 Å². The maximum absolute atomic E-state index is 12.9. The molecule has 0 spiro atoms. The molecule has 6 heteroatoms. The molecule has 3 rings (SSSR count). The van der Waals surface area contributed by atoms with Gasteiger partial charge in [0.05, 0.1) is 0 Å². The molecule has 3 aromatic rings. The second-order valence-electron chi connectivity index (χ2n) is 6.67. The van der Waals surface area contributed by atoms with E-state index in [1.54, 1.807) is 11.8 Å². The summed E-state index contributed by atoms with van der Waals surface area (Å²) in [6.07, 6.45) is 1.70. The van der Waals surface area contributed by atoms with Crippen molar-refractivity contribution in [2.75, 3.05) is 11.6 Å². The fourth-order valence-corrected chi connectivity index (χ4v) is 3.36. The largest absolute Gasteiger partial charge is 0.445 e. The maximum Gasteiger partial charge on any atom is 0.408 e. The van der Waals surface area contributed by atoms with Crippen molar-refractivity contribution in [3.63, 3.8) is 0 Å². The van der Waals surface area contributed by atoms with Gasteiger partial charge in [-0.1, -0.05) is 66.7 Å². The van der Waals surface area contributed by atoms with E-state index < -0.39 is 12.1 Å². The van der Waals surface area contributed by atoms with Gasteiger partial charge in [0, 0.05) is 17.0 Å². The molecule has 0 aliphatic rings. The van der Waals surface area contributed by atoms with Gasteiger partial charge in [0.25, 0.3) is 0 Å². The van der Waals surface area contributed by atoms with Crippen LogP contribution in [-0.2, 0) is 22.6 Å². The standard InChI is InChI=1S/C24H24N2O3S/c1-30-21-14-8-13-20(16-21)25-23(27)22(15-18-9-4-2-5-10-18)26-24(28)29-17-19-11-6-3-7-12-19/h2-14,16,22H,15,17H2,1H3,(H,25,27)(H,26,28). The first-order valence-corrected chi connectivity index (χ1v) is 10.8. The number of ether oxygens (including phenoxy) is 1. The summed E-state index contributed by atoms with van der Waals surface area (Å²) >= 11 is 1.60. The summed E-state index contributed by atoms with van der Waals surface area (Å²) in [6.45, 7) is 0.141. The summed E-state index contributed by atoms with van der Waals surface area (Å²) in [5, 5.41) is 5.60. The highest BCUT2D eigenvalue weighted by Gasteiger charge is 2.22. The second kappa shape index (κ2) is 11.1. The molecule has 3 aromatic carbocycles. The fourth-order valence-electron chi connectivity index (χ4n) is 2.90. The number of carbonyl (C=O) groups excluding carboxylic acids is 2. The van der Waals surface area contributed by atoms with Crippen LogP contribution in [0.1, 0.15) is 11.1 Å². The Bertz CT molecular complexity index is 964. The highest BCUT2D eigenvalue weighted by molar-refractivity contribution is 7.98.